The molecule has 0 N–H and O–H groups in total. The molecule has 0 saturated carbocycles. The van der Waals surface area contributed by atoms with Crippen molar-refractivity contribution in [1.29, 1.82) is 0 Å². The van der Waals surface area contributed by atoms with E-state index < -0.39 is 0 Å². The van der Waals surface area contributed by atoms with Crippen LogP contribution in [0.4, 0.5) is 0 Å². The maximum atomic E-state index is 5.68. The van der Waals surface area contributed by atoms with Crippen LogP contribution in [-0.4, -0.2) is 18.8 Å². The van der Waals surface area contributed by atoms with Crippen LogP contribution in [-0.2, 0) is 10.2 Å². The van der Waals surface area contributed by atoms with Gasteiger partial charge in [0.15, 0.2) is 0 Å². The van der Waals surface area contributed by atoms with Crippen LogP contribution < -0.4 is 4.74 Å². The minimum atomic E-state index is -0.0390. The largest absolute Gasteiger partial charge is 0.491 e. The predicted molar refractivity (Wildman–Crippen MR) is 65.0 cm³/mol. The van der Waals surface area contributed by atoms with Crippen LogP contribution in [0.3, 0.4) is 0 Å². The third kappa shape index (κ3) is 2.76. The van der Waals surface area contributed by atoms with E-state index in [9.17, 15) is 0 Å². The number of hydrogen-bond donors (Lipinski definition) is 0. The summed E-state index contributed by atoms with van der Waals surface area (Å²) < 4.78 is 10.9. The van der Waals surface area contributed by atoms with E-state index in [4.69, 9.17) is 9.47 Å². The number of hydrogen-bond acceptors (Lipinski definition) is 2. The molecular formula is C14H20O2. The second-order valence-corrected chi connectivity index (χ2v) is 5.80. The molecule has 0 bridgehead atoms. The van der Waals surface area contributed by atoms with E-state index in [0.717, 1.165) is 12.4 Å². The lowest BCUT2D eigenvalue weighted by atomic mass is 9.87. The molecule has 16 heavy (non-hydrogen) atoms. The fraction of sp³-hybridized carbons (Fsp3) is 0.571. The van der Waals surface area contributed by atoms with Crippen molar-refractivity contribution in [3.05, 3.63) is 29.8 Å². The maximum Gasteiger partial charge on any atom is 0.123 e. The smallest absolute Gasteiger partial charge is 0.123 e. The third-order valence-electron chi connectivity index (χ3n) is 2.90. The average molecular weight is 220 g/mol. The Morgan fingerprint density at radius 3 is 2.25 bits per heavy atom. The van der Waals surface area contributed by atoms with Gasteiger partial charge in [-0.3, -0.25) is 0 Å². The Balaban J connectivity index is 1.96. The van der Waals surface area contributed by atoms with Crippen molar-refractivity contribution >= 4 is 0 Å². The number of epoxide rings is 1. The molecular weight excluding hydrogens is 200 g/mol. The standard InChI is InChI=1S/C14H20O2/c1-13(2,3)11-5-7-12(8-6-11)15-9-14(4)10-16-14/h5-8H,9-10H2,1-4H3/t14-/m1/s1. The lowest BCUT2D eigenvalue weighted by Crippen LogP contribution is -2.17. The van der Waals surface area contributed by atoms with Gasteiger partial charge in [0.25, 0.3) is 0 Å². The summed E-state index contributed by atoms with van der Waals surface area (Å²) >= 11 is 0. The maximum absolute atomic E-state index is 5.68. The van der Waals surface area contributed by atoms with Gasteiger partial charge in [0.1, 0.15) is 18.0 Å². The quantitative estimate of drug-likeness (QED) is 0.730. The molecule has 2 nitrogen and oxygen atoms in total. The zero-order chi connectivity index (χ0) is 11.8. The van der Waals surface area contributed by atoms with Gasteiger partial charge < -0.3 is 9.47 Å². The van der Waals surface area contributed by atoms with Crippen molar-refractivity contribution in [3.63, 3.8) is 0 Å². The summed E-state index contributed by atoms with van der Waals surface area (Å²) in [5.74, 6) is 0.921. The Hall–Kier alpha value is -1.02. The van der Waals surface area contributed by atoms with Gasteiger partial charge in [-0.15, -0.1) is 0 Å². The van der Waals surface area contributed by atoms with E-state index in [1.54, 1.807) is 0 Å². The highest BCUT2D eigenvalue weighted by molar-refractivity contribution is 5.31. The SMILES string of the molecule is CC(C)(C)c1ccc(OC[C@]2(C)CO2)cc1. The molecule has 1 aliphatic heterocycles. The second-order valence-electron chi connectivity index (χ2n) is 5.80. The Labute approximate surface area is 97.6 Å². The summed E-state index contributed by atoms with van der Waals surface area (Å²) in [6.07, 6.45) is 0. The molecule has 1 aromatic rings. The van der Waals surface area contributed by atoms with Crippen LogP contribution in [0.1, 0.15) is 33.3 Å². The molecule has 0 radical (unpaired) electrons. The summed E-state index contributed by atoms with van der Waals surface area (Å²) in [6, 6.07) is 8.33. The zero-order valence-corrected chi connectivity index (χ0v) is 10.5. The first kappa shape index (κ1) is 11.5. The first-order valence-electron chi connectivity index (χ1n) is 5.76. The minimum absolute atomic E-state index is 0.0390. The van der Waals surface area contributed by atoms with Crippen molar-refractivity contribution in [3.8, 4) is 5.75 Å². The van der Waals surface area contributed by atoms with E-state index >= 15 is 0 Å². The molecule has 0 spiro atoms. The summed E-state index contributed by atoms with van der Waals surface area (Å²) in [7, 11) is 0. The highest BCUT2D eigenvalue weighted by atomic mass is 16.6. The molecule has 2 heteroatoms. The van der Waals surface area contributed by atoms with Crippen LogP contribution >= 0.6 is 0 Å². The van der Waals surface area contributed by atoms with Crippen molar-refractivity contribution in [2.45, 2.75) is 38.7 Å². The third-order valence-corrected chi connectivity index (χ3v) is 2.90. The van der Waals surface area contributed by atoms with Crippen molar-refractivity contribution < 1.29 is 9.47 Å². The van der Waals surface area contributed by atoms with Crippen LogP contribution in [0.2, 0.25) is 0 Å². The Bertz CT molecular complexity index is 355. The number of ether oxygens (including phenoxy) is 2. The first-order valence-corrected chi connectivity index (χ1v) is 5.76. The molecule has 0 aromatic heterocycles. The van der Waals surface area contributed by atoms with Gasteiger partial charge in [-0.05, 0) is 30.0 Å². The Morgan fingerprint density at radius 2 is 1.81 bits per heavy atom. The van der Waals surface area contributed by atoms with E-state index in [1.807, 2.05) is 12.1 Å². The molecule has 88 valence electrons. The van der Waals surface area contributed by atoms with Gasteiger partial charge in [0.2, 0.25) is 0 Å². The molecule has 1 fully saturated rings. The lowest BCUT2D eigenvalue weighted by Gasteiger charge is -2.19. The summed E-state index contributed by atoms with van der Waals surface area (Å²) in [6.45, 7) is 10.2. The second kappa shape index (κ2) is 3.77. The van der Waals surface area contributed by atoms with Crippen LogP contribution in [0.5, 0.6) is 5.75 Å². The highest BCUT2D eigenvalue weighted by Crippen LogP contribution is 2.28. The highest BCUT2D eigenvalue weighted by Gasteiger charge is 2.40. The Kier molecular flexibility index (Phi) is 2.70. The van der Waals surface area contributed by atoms with Crippen LogP contribution in [0, 0.1) is 0 Å². The molecule has 1 aliphatic rings. The molecule has 1 atom stereocenters. The molecule has 0 aliphatic carbocycles. The van der Waals surface area contributed by atoms with Gasteiger partial charge in [-0.1, -0.05) is 32.9 Å². The summed E-state index contributed by atoms with van der Waals surface area (Å²) in [5, 5.41) is 0. The van der Waals surface area contributed by atoms with Gasteiger partial charge in [0.05, 0.1) is 6.61 Å². The van der Waals surface area contributed by atoms with Gasteiger partial charge in [-0.2, -0.15) is 0 Å². The topological polar surface area (TPSA) is 21.8 Å². The molecule has 1 saturated heterocycles. The fourth-order valence-corrected chi connectivity index (χ4v) is 1.49. The molecule has 0 unspecified atom stereocenters. The zero-order valence-electron chi connectivity index (χ0n) is 10.5. The van der Waals surface area contributed by atoms with Gasteiger partial charge in [-0.25, -0.2) is 0 Å². The van der Waals surface area contributed by atoms with Gasteiger partial charge in [0, 0.05) is 0 Å². The number of rotatable bonds is 3. The van der Waals surface area contributed by atoms with E-state index in [2.05, 4.69) is 39.8 Å². The minimum Gasteiger partial charge on any atom is -0.491 e. The average Bonchev–Trinajstić information content (AvgIpc) is 2.94. The fourth-order valence-electron chi connectivity index (χ4n) is 1.49. The normalized spacial score (nSPS) is 24.2. The van der Waals surface area contributed by atoms with E-state index in [0.29, 0.717) is 6.61 Å². The lowest BCUT2D eigenvalue weighted by molar-refractivity contribution is 0.202. The van der Waals surface area contributed by atoms with Crippen molar-refractivity contribution in [2.75, 3.05) is 13.2 Å². The van der Waals surface area contributed by atoms with Crippen molar-refractivity contribution in [2.24, 2.45) is 0 Å². The molecule has 1 heterocycles. The van der Waals surface area contributed by atoms with E-state index in [-0.39, 0.29) is 11.0 Å². The van der Waals surface area contributed by atoms with E-state index in [1.165, 1.54) is 5.56 Å². The van der Waals surface area contributed by atoms with Gasteiger partial charge >= 0.3 is 0 Å². The molecule has 1 aromatic carbocycles. The monoisotopic (exact) mass is 220 g/mol. The molecule has 0 amide bonds. The Morgan fingerprint density at radius 1 is 1.25 bits per heavy atom. The van der Waals surface area contributed by atoms with Crippen LogP contribution in [0.25, 0.3) is 0 Å². The predicted octanol–water partition coefficient (Wildman–Crippen LogP) is 3.15. The van der Waals surface area contributed by atoms with Crippen LogP contribution in [0.15, 0.2) is 24.3 Å². The number of benzene rings is 1. The summed E-state index contributed by atoms with van der Waals surface area (Å²) in [4.78, 5) is 0. The molecule has 2 rings (SSSR count). The first-order chi connectivity index (χ1) is 7.39. The van der Waals surface area contributed by atoms with Crippen molar-refractivity contribution in [1.82, 2.24) is 0 Å². The summed E-state index contributed by atoms with van der Waals surface area (Å²) in [5.41, 5.74) is 1.49.